The molecule has 2 aromatic heterocycles. The molecule has 0 spiro atoms. The van der Waals surface area contributed by atoms with Crippen LogP contribution in [0.1, 0.15) is 28.0 Å². The first kappa shape index (κ1) is 14.5. The van der Waals surface area contributed by atoms with Gasteiger partial charge in [-0.1, -0.05) is 25.1 Å². The summed E-state index contributed by atoms with van der Waals surface area (Å²) in [4.78, 5) is 31.2. The summed E-state index contributed by atoms with van der Waals surface area (Å²) in [7, 11) is 0. The molecule has 0 saturated carbocycles. The second-order valence-corrected chi connectivity index (χ2v) is 5.80. The van der Waals surface area contributed by atoms with Crippen molar-refractivity contribution in [1.82, 2.24) is 15.3 Å². The van der Waals surface area contributed by atoms with Crippen molar-refractivity contribution in [3.05, 3.63) is 62.3 Å². The van der Waals surface area contributed by atoms with Crippen LogP contribution in [0.2, 0.25) is 0 Å². The standard InChI is InChI=1S/C16H15N3O2S/c1-2-10-9-22-15(18-10)8-17-16(21)12-7-14(20)19-13-6-4-3-5-11(12)13/h3-7,9H,2,8H2,1H3,(H,17,21)(H,19,20). The smallest absolute Gasteiger partial charge is 0.252 e. The van der Waals surface area contributed by atoms with Crippen molar-refractivity contribution in [3.8, 4) is 0 Å². The molecule has 0 aliphatic rings. The Kier molecular flexibility index (Phi) is 4.02. The summed E-state index contributed by atoms with van der Waals surface area (Å²) in [5.41, 5.74) is 1.77. The molecule has 0 unspecified atom stereocenters. The van der Waals surface area contributed by atoms with Gasteiger partial charge >= 0.3 is 0 Å². The molecule has 2 N–H and O–H groups in total. The summed E-state index contributed by atoms with van der Waals surface area (Å²) in [5.74, 6) is -0.268. The van der Waals surface area contributed by atoms with Crippen molar-refractivity contribution in [2.75, 3.05) is 0 Å². The fourth-order valence-corrected chi connectivity index (χ4v) is 3.05. The van der Waals surface area contributed by atoms with Crippen LogP contribution in [0.15, 0.2) is 40.5 Å². The lowest BCUT2D eigenvalue weighted by molar-refractivity contribution is 0.0952. The van der Waals surface area contributed by atoms with E-state index in [2.05, 4.69) is 15.3 Å². The van der Waals surface area contributed by atoms with E-state index in [1.807, 2.05) is 30.5 Å². The molecule has 3 aromatic rings. The number of para-hydroxylation sites is 1. The first-order valence-electron chi connectivity index (χ1n) is 7.01. The van der Waals surface area contributed by atoms with Crippen LogP contribution in [-0.2, 0) is 13.0 Å². The summed E-state index contributed by atoms with van der Waals surface area (Å²) >= 11 is 1.52. The van der Waals surface area contributed by atoms with E-state index in [0.717, 1.165) is 22.5 Å². The molecule has 0 fully saturated rings. The Hall–Kier alpha value is -2.47. The number of aromatic amines is 1. The lowest BCUT2D eigenvalue weighted by Crippen LogP contribution is -2.24. The molecule has 0 saturated heterocycles. The third-order valence-electron chi connectivity index (χ3n) is 3.36. The predicted octanol–water partition coefficient (Wildman–Crippen LogP) is 2.48. The van der Waals surface area contributed by atoms with Crippen LogP contribution in [-0.4, -0.2) is 15.9 Å². The third-order valence-corrected chi connectivity index (χ3v) is 4.25. The molecule has 0 radical (unpaired) electrons. The molecule has 0 aliphatic carbocycles. The first-order chi connectivity index (χ1) is 10.7. The summed E-state index contributed by atoms with van der Waals surface area (Å²) < 4.78 is 0. The van der Waals surface area contributed by atoms with Crippen LogP contribution in [0.5, 0.6) is 0 Å². The largest absolute Gasteiger partial charge is 0.346 e. The number of hydrogen-bond donors (Lipinski definition) is 2. The Morgan fingerprint density at radius 2 is 2.18 bits per heavy atom. The lowest BCUT2D eigenvalue weighted by Gasteiger charge is -2.06. The van der Waals surface area contributed by atoms with Crippen molar-refractivity contribution in [2.45, 2.75) is 19.9 Å². The number of aromatic nitrogens is 2. The Morgan fingerprint density at radius 3 is 2.95 bits per heavy atom. The van der Waals surface area contributed by atoms with Crippen molar-refractivity contribution in [3.63, 3.8) is 0 Å². The van der Waals surface area contributed by atoms with Crippen LogP contribution in [0.4, 0.5) is 0 Å². The number of carbonyl (C=O) groups is 1. The van der Waals surface area contributed by atoms with Gasteiger partial charge in [-0.15, -0.1) is 11.3 Å². The normalized spacial score (nSPS) is 10.8. The Balaban J connectivity index is 1.84. The van der Waals surface area contributed by atoms with Crippen LogP contribution in [0, 0.1) is 0 Å². The summed E-state index contributed by atoms with van der Waals surface area (Å²) in [6, 6.07) is 8.59. The van der Waals surface area contributed by atoms with Gasteiger partial charge in [-0.05, 0) is 12.5 Å². The molecular formula is C16H15N3O2S. The molecule has 2 heterocycles. The van der Waals surface area contributed by atoms with Gasteiger partial charge in [0.1, 0.15) is 5.01 Å². The minimum atomic E-state index is -0.286. The predicted molar refractivity (Wildman–Crippen MR) is 87.2 cm³/mol. The number of rotatable bonds is 4. The van der Waals surface area contributed by atoms with Crippen LogP contribution in [0.3, 0.4) is 0 Å². The minimum Gasteiger partial charge on any atom is -0.346 e. The van der Waals surface area contributed by atoms with E-state index in [9.17, 15) is 9.59 Å². The van der Waals surface area contributed by atoms with E-state index in [4.69, 9.17) is 0 Å². The molecule has 5 nitrogen and oxygen atoms in total. The minimum absolute atomic E-state index is 0.268. The maximum atomic E-state index is 12.4. The number of nitrogens with one attached hydrogen (secondary N) is 2. The average molecular weight is 313 g/mol. The maximum Gasteiger partial charge on any atom is 0.252 e. The second kappa shape index (κ2) is 6.11. The molecular weight excluding hydrogens is 298 g/mol. The fraction of sp³-hybridized carbons (Fsp3) is 0.188. The highest BCUT2D eigenvalue weighted by molar-refractivity contribution is 7.09. The van der Waals surface area contributed by atoms with Crippen LogP contribution in [0.25, 0.3) is 10.9 Å². The quantitative estimate of drug-likeness (QED) is 0.777. The molecule has 1 amide bonds. The van der Waals surface area contributed by atoms with Crippen LogP contribution >= 0.6 is 11.3 Å². The zero-order chi connectivity index (χ0) is 15.5. The molecule has 6 heteroatoms. The Labute approximate surface area is 131 Å². The number of nitrogens with zero attached hydrogens (tertiary/aromatic N) is 1. The zero-order valence-corrected chi connectivity index (χ0v) is 12.9. The van der Waals surface area contributed by atoms with Gasteiger partial charge in [-0.3, -0.25) is 9.59 Å². The number of carbonyl (C=O) groups excluding carboxylic acids is 1. The number of fused-ring (bicyclic) bond motifs is 1. The van der Waals surface area contributed by atoms with E-state index >= 15 is 0 Å². The summed E-state index contributed by atoms with van der Waals surface area (Å²) in [6.45, 7) is 2.41. The number of hydrogen-bond acceptors (Lipinski definition) is 4. The van der Waals surface area contributed by atoms with Gasteiger partial charge in [0.15, 0.2) is 0 Å². The van der Waals surface area contributed by atoms with Crippen LogP contribution < -0.4 is 10.9 Å². The molecule has 0 bridgehead atoms. The summed E-state index contributed by atoms with van der Waals surface area (Å²) in [6.07, 6.45) is 0.878. The number of aryl methyl sites for hydroxylation is 1. The topological polar surface area (TPSA) is 74.8 Å². The fourth-order valence-electron chi connectivity index (χ4n) is 2.24. The van der Waals surface area contributed by atoms with Gasteiger partial charge < -0.3 is 10.3 Å². The monoisotopic (exact) mass is 313 g/mol. The number of H-pyrrole nitrogens is 1. The van der Waals surface area contributed by atoms with Gasteiger partial charge in [0, 0.05) is 22.3 Å². The van der Waals surface area contributed by atoms with E-state index in [1.54, 1.807) is 6.07 Å². The van der Waals surface area contributed by atoms with Gasteiger partial charge in [0.05, 0.1) is 17.8 Å². The molecule has 0 aliphatic heterocycles. The number of amides is 1. The number of thiazole rings is 1. The molecule has 3 rings (SSSR count). The van der Waals surface area contributed by atoms with Gasteiger partial charge in [-0.25, -0.2) is 4.98 Å². The zero-order valence-electron chi connectivity index (χ0n) is 12.1. The van der Waals surface area contributed by atoms with E-state index in [1.165, 1.54) is 17.4 Å². The molecule has 112 valence electrons. The highest BCUT2D eigenvalue weighted by Gasteiger charge is 2.12. The van der Waals surface area contributed by atoms with Crippen molar-refractivity contribution in [1.29, 1.82) is 0 Å². The third kappa shape index (κ3) is 2.92. The van der Waals surface area contributed by atoms with Gasteiger partial charge in [-0.2, -0.15) is 0 Å². The SMILES string of the molecule is CCc1csc(CNC(=O)c2cc(=O)[nH]c3ccccc23)n1. The maximum absolute atomic E-state index is 12.4. The number of pyridine rings is 1. The molecule has 1 aromatic carbocycles. The Morgan fingerprint density at radius 1 is 1.36 bits per heavy atom. The Bertz CT molecular complexity index is 882. The van der Waals surface area contributed by atoms with E-state index in [-0.39, 0.29) is 11.5 Å². The second-order valence-electron chi connectivity index (χ2n) is 4.86. The van der Waals surface area contributed by atoms with E-state index < -0.39 is 0 Å². The number of benzene rings is 1. The molecule has 22 heavy (non-hydrogen) atoms. The van der Waals surface area contributed by atoms with E-state index in [0.29, 0.717) is 17.6 Å². The summed E-state index contributed by atoms with van der Waals surface area (Å²) in [5, 5.41) is 6.41. The molecule has 0 atom stereocenters. The van der Waals surface area contributed by atoms with Crippen molar-refractivity contribution < 1.29 is 4.79 Å². The van der Waals surface area contributed by atoms with Crippen molar-refractivity contribution in [2.24, 2.45) is 0 Å². The first-order valence-corrected chi connectivity index (χ1v) is 7.89. The van der Waals surface area contributed by atoms with Gasteiger partial charge in [0.25, 0.3) is 5.91 Å². The lowest BCUT2D eigenvalue weighted by atomic mass is 10.1. The highest BCUT2D eigenvalue weighted by Crippen LogP contribution is 2.15. The highest BCUT2D eigenvalue weighted by atomic mass is 32.1. The average Bonchev–Trinajstić information content (AvgIpc) is 2.99. The van der Waals surface area contributed by atoms with Crippen molar-refractivity contribution >= 4 is 28.1 Å². The van der Waals surface area contributed by atoms with Gasteiger partial charge in [0.2, 0.25) is 5.56 Å².